The number of benzene rings is 1. The number of hydrogen-bond acceptors (Lipinski definition) is 3. The van der Waals surface area contributed by atoms with Gasteiger partial charge in [0.15, 0.2) is 0 Å². The molecule has 17 heavy (non-hydrogen) atoms. The van der Waals surface area contributed by atoms with Crippen molar-refractivity contribution in [3.05, 3.63) is 30.1 Å². The summed E-state index contributed by atoms with van der Waals surface area (Å²) >= 11 is 0. The van der Waals surface area contributed by atoms with Crippen LogP contribution in [0.15, 0.2) is 24.3 Å². The fraction of sp³-hybridized carbons (Fsp3) is 0.417. The van der Waals surface area contributed by atoms with Crippen LogP contribution >= 0.6 is 24.0 Å². The van der Waals surface area contributed by atoms with Crippen LogP contribution in [0.3, 0.4) is 0 Å². The highest BCUT2D eigenvalue weighted by molar-refractivity contribution is 14.0. The molecule has 2 unspecified atom stereocenters. The van der Waals surface area contributed by atoms with Crippen LogP contribution in [0.5, 0.6) is 0 Å². The molecule has 1 aliphatic heterocycles. The number of nitrogens with one attached hydrogen (secondary N) is 2. The summed E-state index contributed by atoms with van der Waals surface area (Å²) in [6.45, 7) is 0.975. The number of piperidine rings is 1. The first-order valence-electron chi connectivity index (χ1n) is 5.76. The number of para-hydroxylation sites is 2. The van der Waals surface area contributed by atoms with Crippen LogP contribution in [0.25, 0.3) is 11.0 Å². The standard InChI is InChI=1S/C12H16N4.HI/c13-8-5-6-14-11(7-8)12-15-9-3-1-2-4-10(9)16-12;/h1-4,8,11,14H,5-7,13H2,(H,15,16);1H. The lowest BCUT2D eigenvalue weighted by molar-refractivity contribution is 0.360. The molecule has 4 N–H and O–H groups in total. The van der Waals surface area contributed by atoms with E-state index in [1.54, 1.807) is 0 Å². The van der Waals surface area contributed by atoms with Gasteiger partial charge in [-0.25, -0.2) is 4.98 Å². The summed E-state index contributed by atoms with van der Waals surface area (Å²) in [5, 5.41) is 3.45. The molecule has 1 aliphatic rings. The van der Waals surface area contributed by atoms with Crippen molar-refractivity contribution < 1.29 is 0 Å². The molecule has 5 heteroatoms. The Hall–Kier alpha value is -0.660. The maximum absolute atomic E-state index is 5.98. The van der Waals surface area contributed by atoms with Crippen molar-refractivity contribution in [3.8, 4) is 0 Å². The summed E-state index contributed by atoms with van der Waals surface area (Å²) in [4.78, 5) is 7.95. The van der Waals surface area contributed by atoms with Gasteiger partial charge in [0, 0.05) is 6.04 Å². The first-order chi connectivity index (χ1) is 7.83. The van der Waals surface area contributed by atoms with Crippen LogP contribution in [-0.2, 0) is 0 Å². The molecule has 2 heterocycles. The van der Waals surface area contributed by atoms with Gasteiger partial charge in [0.1, 0.15) is 5.82 Å². The molecule has 1 aromatic carbocycles. The normalized spacial score (nSPS) is 24.5. The summed E-state index contributed by atoms with van der Waals surface area (Å²) in [6.07, 6.45) is 2.01. The van der Waals surface area contributed by atoms with E-state index in [1.165, 1.54) is 0 Å². The maximum atomic E-state index is 5.98. The van der Waals surface area contributed by atoms with Crippen molar-refractivity contribution >= 4 is 35.0 Å². The van der Waals surface area contributed by atoms with E-state index in [0.29, 0.717) is 6.04 Å². The van der Waals surface area contributed by atoms with E-state index in [1.807, 2.05) is 18.2 Å². The molecular weight excluding hydrogens is 327 g/mol. The number of nitrogens with two attached hydrogens (primary N) is 1. The number of halogens is 1. The van der Waals surface area contributed by atoms with Gasteiger partial charge in [0.25, 0.3) is 0 Å². The van der Waals surface area contributed by atoms with E-state index in [-0.39, 0.29) is 30.0 Å². The van der Waals surface area contributed by atoms with Crippen LogP contribution in [-0.4, -0.2) is 22.6 Å². The van der Waals surface area contributed by atoms with Gasteiger partial charge in [0.2, 0.25) is 0 Å². The fourth-order valence-corrected chi connectivity index (χ4v) is 2.29. The van der Waals surface area contributed by atoms with E-state index >= 15 is 0 Å². The molecule has 0 aliphatic carbocycles. The number of aromatic nitrogens is 2. The Morgan fingerprint density at radius 1 is 1.29 bits per heavy atom. The zero-order chi connectivity index (χ0) is 11.0. The highest BCUT2D eigenvalue weighted by Gasteiger charge is 2.22. The van der Waals surface area contributed by atoms with Crippen LogP contribution in [0.1, 0.15) is 24.7 Å². The molecule has 1 fully saturated rings. The molecule has 0 amide bonds. The Kier molecular flexibility index (Phi) is 4.01. The topological polar surface area (TPSA) is 66.7 Å². The van der Waals surface area contributed by atoms with Crippen LogP contribution < -0.4 is 11.1 Å². The molecule has 0 spiro atoms. The molecule has 3 rings (SSSR count). The van der Waals surface area contributed by atoms with Gasteiger partial charge in [-0.15, -0.1) is 24.0 Å². The molecule has 0 radical (unpaired) electrons. The summed E-state index contributed by atoms with van der Waals surface area (Å²) < 4.78 is 0. The van der Waals surface area contributed by atoms with Gasteiger partial charge in [-0.3, -0.25) is 0 Å². The van der Waals surface area contributed by atoms with Gasteiger partial charge in [-0.05, 0) is 31.5 Å². The number of hydrogen-bond donors (Lipinski definition) is 3. The molecule has 0 saturated carbocycles. The largest absolute Gasteiger partial charge is 0.341 e. The summed E-state index contributed by atoms with van der Waals surface area (Å²) in [7, 11) is 0. The second-order valence-corrected chi connectivity index (χ2v) is 4.43. The molecule has 0 bridgehead atoms. The molecule has 4 nitrogen and oxygen atoms in total. The van der Waals surface area contributed by atoms with E-state index in [2.05, 4.69) is 21.4 Å². The molecule has 92 valence electrons. The smallest absolute Gasteiger partial charge is 0.124 e. The monoisotopic (exact) mass is 344 g/mol. The molecular formula is C12H17IN4. The minimum absolute atomic E-state index is 0. The number of fused-ring (bicyclic) bond motifs is 1. The first-order valence-corrected chi connectivity index (χ1v) is 5.76. The Labute approximate surface area is 117 Å². The van der Waals surface area contributed by atoms with Crippen LogP contribution in [0.4, 0.5) is 0 Å². The maximum Gasteiger partial charge on any atom is 0.124 e. The molecule has 1 saturated heterocycles. The Bertz CT molecular complexity index is 463. The number of rotatable bonds is 1. The summed E-state index contributed by atoms with van der Waals surface area (Å²) in [6, 6.07) is 8.67. The average Bonchev–Trinajstić information content (AvgIpc) is 2.72. The predicted octanol–water partition coefficient (Wildman–Crippen LogP) is 1.93. The Morgan fingerprint density at radius 3 is 2.88 bits per heavy atom. The third-order valence-corrected chi connectivity index (χ3v) is 3.18. The van der Waals surface area contributed by atoms with Crippen molar-refractivity contribution in [3.63, 3.8) is 0 Å². The van der Waals surface area contributed by atoms with Crippen molar-refractivity contribution in [1.82, 2.24) is 15.3 Å². The summed E-state index contributed by atoms with van der Waals surface area (Å²) in [5.41, 5.74) is 8.10. The van der Waals surface area contributed by atoms with Gasteiger partial charge < -0.3 is 16.0 Å². The number of aromatic amines is 1. The Balaban J connectivity index is 0.00000108. The molecule has 1 aromatic heterocycles. The zero-order valence-electron chi connectivity index (χ0n) is 9.52. The van der Waals surface area contributed by atoms with Gasteiger partial charge in [-0.1, -0.05) is 12.1 Å². The van der Waals surface area contributed by atoms with E-state index in [0.717, 1.165) is 36.2 Å². The first kappa shape index (κ1) is 12.8. The number of imidazole rings is 1. The highest BCUT2D eigenvalue weighted by Crippen LogP contribution is 2.22. The third kappa shape index (κ3) is 2.61. The lowest BCUT2D eigenvalue weighted by Crippen LogP contribution is -2.39. The second-order valence-electron chi connectivity index (χ2n) is 4.43. The van der Waals surface area contributed by atoms with E-state index < -0.39 is 0 Å². The molecule has 2 atom stereocenters. The zero-order valence-corrected chi connectivity index (χ0v) is 11.8. The van der Waals surface area contributed by atoms with Crippen molar-refractivity contribution in [1.29, 1.82) is 0 Å². The summed E-state index contributed by atoms with van der Waals surface area (Å²) in [5.74, 6) is 1.01. The average molecular weight is 344 g/mol. The van der Waals surface area contributed by atoms with Crippen molar-refractivity contribution in [2.75, 3.05) is 6.54 Å². The number of H-pyrrole nitrogens is 1. The number of nitrogens with zero attached hydrogens (tertiary/aromatic N) is 1. The van der Waals surface area contributed by atoms with Crippen molar-refractivity contribution in [2.45, 2.75) is 24.9 Å². The van der Waals surface area contributed by atoms with Gasteiger partial charge >= 0.3 is 0 Å². The van der Waals surface area contributed by atoms with Gasteiger partial charge in [0.05, 0.1) is 17.1 Å². The lowest BCUT2D eigenvalue weighted by atomic mass is 10.00. The second kappa shape index (κ2) is 5.32. The van der Waals surface area contributed by atoms with Crippen LogP contribution in [0, 0.1) is 0 Å². The highest BCUT2D eigenvalue weighted by atomic mass is 127. The third-order valence-electron chi connectivity index (χ3n) is 3.18. The van der Waals surface area contributed by atoms with E-state index in [4.69, 9.17) is 5.73 Å². The van der Waals surface area contributed by atoms with Crippen LogP contribution in [0.2, 0.25) is 0 Å². The van der Waals surface area contributed by atoms with Gasteiger partial charge in [-0.2, -0.15) is 0 Å². The van der Waals surface area contributed by atoms with Crippen molar-refractivity contribution in [2.24, 2.45) is 5.73 Å². The Morgan fingerprint density at radius 2 is 2.12 bits per heavy atom. The predicted molar refractivity (Wildman–Crippen MR) is 79.5 cm³/mol. The van der Waals surface area contributed by atoms with E-state index in [9.17, 15) is 0 Å². The fourth-order valence-electron chi connectivity index (χ4n) is 2.29. The SMILES string of the molecule is I.NC1CCNC(c2nc3ccccc3[nH]2)C1. The minimum Gasteiger partial charge on any atom is -0.341 e. The minimum atomic E-state index is 0. The molecule has 2 aromatic rings. The quantitative estimate of drug-likeness (QED) is 0.693. The lowest BCUT2D eigenvalue weighted by Gasteiger charge is -2.26.